The number of carbonyl (C=O) groups is 2. The molecule has 0 fully saturated rings. The number of carboxylic acid groups (broad SMARTS) is 1. The van der Waals surface area contributed by atoms with E-state index in [9.17, 15) is 19.5 Å². The van der Waals surface area contributed by atoms with E-state index in [0.717, 1.165) is 4.68 Å². The van der Waals surface area contributed by atoms with Gasteiger partial charge in [-0.2, -0.15) is 5.10 Å². The molecule has 2 N–H and O–H groups in total. The summed E-state index contributed by atoms with van der Waals surface area (Å²) in [6.45, 7) is 3.21. The van der Waals surface area contributed by atoms with E-state index < -0.39 is 23.5 Å². The van der Waals surface area contributed by atoms with Crippen molar-refractivity contribution < 1.29 is 19.1 Å². The van der Waals surface area contributed by atoms with Gasteiger partial charge in [0.1, 0.15) is 18.3 Å². The number of aromatic nitrogens is 2. The Morgan fingerprint density at radius 3 is 2.71 bits per heavy atom. The molecular formula is C16H19N3O5. The monoisotopic (exact) mass is 333 g/mol. The lowest BCUT2D eigenvalue weighted by Gasteiger charge is -2.20. The van der Waals surface area contributed by atoms with Crippen molar-refractivity contribution in [2.45, 2.75) is 32.9 Å². The summed E-state index contributed by atoms with van der Waals surface area (Å²) < 4.78 is 6.18. The summed E-state index contributed by atoms with van der Waals surface area (Å²) in [4.78, 5) is 35.2. The average Bonchev–Trinajstić information content (AvgIpc) is 3.08. The Bertz CT molecular complexity index is 766. The molecule has 2 atom stereocenters. The molecular weight excluding hydrogens is 314 g/mol. The quantitative estimate of drug-likeness (QED) is 0.784. The first-order chi connectivity index (χ1) is 11.4. The maximum atomic E-state index is 12.1. The normalized spacial score (nSPS) is 13.2. The zero-order valence-corrected chi connectivity index (χ0v) is 13.4. The molecule has 8 heteroatoms. The van der Waals surface area contributed by atoms with Crippen LogP contribution in [0.5, 0.6) is 0 Å². The lowest BCUT2D eigenvalue weighted by Crippen LogP contribution is -2.47. The second kappa shape index (κ2) is 7.58. The van der Waals surface area contributed by atoms with Gasteiger partial charge >= 0.3 is 5.97 Å². The highest BCUT2D eigenvalue weighted by Crippen LogP contribution is 2.15. The third-order valence-corrected chi connectivity index (χ3v) is 3.73. The molecule has 8 nitrogen and oxygen atoms in total. The van der Waals surface area contributed by atoms with Crippen LogP contribution in [0.1, 0.15) is 20.3 Å². The number of carbonyl (C=O) groups excluding carboxylic acids is 1. The summed E-state index contributed by atoms with van der Waals surface area (Å²) in [5.74, 6) is -1.46. The molecule has 0 spiro atoms. The molecule has 0 radical (unpaired) electrons. The Hall–Kier alpha value is -2.90. The molecule has 0 unspecified atom stereocenters. The third-order valence-electron chi connectivity index (χ3n) is 3.73. The van der Waals surface area contributed by atoms with Crippen LogP contribution in [0.15, 0.2) is 39.7 Å². The zero-order valence-electron chi connectivity index (χ0n) is 13.4. The first-order valence-corrected chi connectivity index (χ1v) is 7.56. The second-order valence-corrected chi connectivity index (χ2v) is 5.46. The minimum Gasteiger partial charge on any atom is -0.480 e. The second-order valence-electron chi connectivity index (χ2n) is 5.46. The van der Waals surface area contributed by atoms with Crippen molar-refractivity contribution in [1.82, 2.24) is 15.1 Å². The number of nitrogens with zero attached hydrogens (tertiary/aromatic N) is 2. The van der Waals surface area contributed by atoms with Gasteiger partial charge < -0.3 is 14.8 Å². The average molecular weight is 333 g/mol. The first kappa shape index (κ1) is 17.5. The fourth-order valence-electron chi connectivity index (χ4n) is 2.16. The van der Waals surface area contributed by atoms with Crippen LogP contribution in [-0.4, -0.2) is 32.8 Å². The van der Waals surface area contributed by atoms with E-state index in [1.807, 2.05) is 6.92 Å². The summed E-state index contributed by atoms with van der Waals surface area (Å²) in [5.41, 5.74) is -0.0556. The Balaban J connectivity index is 2.15. The van der Waals surface area contributed by atoms with Crippen molar-refractivity contribution in [3.8, 4) is 11.5 Å². The van der Waals surface area contributed by atoms with Crippen LogP contribution >= 0.6 is 0 Å². The lowest BCUT2D eigenvalue weighted by atomic mass is 9.99. The van der Waals surface area contributed by atoms with E-state index >= 15 is 0 Å². The van der Waals surface area contributed by atoms with Gasteiger partial charge in [-0.25, -0.2) is 9.48 Å². The van der Waals surface area contributed by atoms with Crippen LogP contribution in [-0.2, 0) is 16.1 Å². The number of furan rings is 1. The summed E-state index contributed by atoms with van der Waals surface area (Å²) in [5, 5.41) is 15.7. The van der Waals surface area contributed by atoms with Crippen LogP contribution < -0.4 is 10.9 Å². The number of rotatable bonds is 7. The van der Waals surface area contributed by atoms with Gasteiger partial charge in [-0.05, 0) is 24.1 Å². The van der Waals surface area contributed by atoms with Gasteiger partial charge in [0.15, 0.2) is 5.76 Å². The Labute approximate surface area is 138 Å². The van der Waals surface area contributed by atoms with Crippen molar-refractivity contribution in [3.05, 3.63) is 40.9 Å². The van der Waals surface area contributed by atoms with Crippen molar-refractivity contribution in [2.24, 2.45) is 5.92 Å². The summed E-state index contributed by atoms with van der Waals surface area (Å²) >= 11 is 0. The van der Waals surface area contributed by atoms with Crippen LogP contribution in [0, 0.1) is 5.92 Å². The van der Waals surface area contributed by atoms with Gasteiger partial charge in [0.25, 0.3) is 5.56 Å². The van der Waals surface area contributed by atoms with E-state index in [1.165, 1.54) is 18.4 Å². The van der Waals surface area contributed by atoms with Gasteiger partial charge in [0.05, 0.1) is 6.26 Å². The fourth-order valence-corrected chi connectivity index (χ4v) is 2.16. The van der Waals surface area contributed by atoms with Crippen LogP contribution in [0.3, 0.4) is 0 Å². The number of amides is 1. The molecule has 0 aliphatic heterocycles. The number of hydrogen-bond donors (Lipinski definition) is 2. The van der Waals surface area contributed by atoms with E-state index in [0.29, 0.717) is 17.9 Å². The SMILES string of the molecule is CC[C@@H](C)[C@H](NC(=O)Cn1nc(-c2ccco2)ccc1=O)C(=O)O. The minimum atomic E-state index is -1.11. The lowest BCUT2D eigenvalue weighted by molar-refractivity contribution is -0.143. The highest BCUT2D eigenvalue weighted by Gasteiger charge is 2.25. The van der Waals surface area contributed by atoms with Gasteiger partial charge in [-0.1, -0.05) is 20.3 Å². The first-order valence-electron chi connectivity index (χ1n) is 7.56. The molecule has 2 aromatic rings. The van der Waals surface area contributed by atoms with Crippen molar-refractivity contribution in [3.63, 3.8) is 0 Å². The molecule has 0 saturated carbocycles. The van der Waals surface area contributed by atoms with Crippen molar-refractivity contribution >= 4 is 11.9 Å². The van der Waals surface area contributed by atoms with E-state index in [2.05, 4.69) is 10.4 Å². The Morgan fingerprint density at radius 1 is 1.38 bits per heavy atom. The third kappa shape index (κ3) is 4.09. The Kier molecular flexibility index (Phi) is 5.51. The van der Waals surface area contributed by atoms with Crippen LogP contribution in [0.25, 0.3) is 11.5 Å². The molecule has 0 saturated heterocycles. The smallest absolute Gasteiger partial charge is 0.326 e. The molecule has 1 amide bonds. The molecule has 2 rings (SSSR count). The van der Waals surface area contributed by atoms with E-state index in [4.69, 9.17) is 4.42 Å². The Morgan fingerprint density at radius 2 is 2.12 bits per heavy atom. The highest BCUT2D eigenvalue weighted by molar-refractivity contribution is 5.83. The van der Waals surface area contributed by atoms with Gasteiger partial charge in [0.2, 0.25) is 5.91 Å². The van der Waals surface area contributed by atoms with Crippen LogP contribution in [0.2, 0.25) is 0 Å². The summed E-state index contributed by atoms with van der Waals surface area (Å²) in [7, 11) is 0. The molecule has 24 heavy (non-hydrogen) atoms. The molecule has 2 aromatic heterocycles. The van der Waals surface area contributed by atoms with Crippen molar-refractivity contribution in [2.75, 3.05) is 0 Å². The summed E-state index contributed by atoms with van der Waals surface area (Å²) in [6, 6.07) is 5.13. The zero-order chi connectivity index (χ0) is 17.7. The predicted octanol–water partition coefficient (Wildman–Crippen LogP) is 1.12. The van der Waals surface area contributed by atoms with Gasteiger partial charge in [0, 0.05) is 6.07 Å². The molecule has 128 valence electrons. The van der Waals surface area contributed by atoms with Crippen molar-refractivity contribution in [1.29, 1.82) is 0 Å². The molecule has 2 heterocycles. The standard InChI is InChI=1S/C16H19N3O5/c1-3-10(2)15(16(22)23)17-13(20)9-19-14(21)7-6-11(18-19)12-5-4-8-24-12/h4-8,10,15H,3,9H2,1-2H3,(H,17,20)(H,22,23)/t10-,15+/m1/s1. The van der Waals surface area contributed by atoms with Gasteiger partial charge in [-0.3, -0.25) is 9.59 Å². The topological polar surface area (TPSA) is 114 Å². The van der Waals surface area contributed by atoms with Crippen LogP contribution in [0.4, 0.5) is 0 Å². The van der Waals surface area contributed by atoms with E-state index in [-0.39, 0.29) is 12.5 Å². The molecule has 0 aliphatic carbocycles. The molecule has 0 bridgehead atoms. The minimum absolute atomic E-state index is 0.231. The summed E-state index contributed by atoms with van der Waals surface area (Å²) in [6.07, 6.45) is 2.08. The van der Waals surface area contributed by atoms with E-state index in [1.54, 1.807) is 19.1 Å². The number of hydrogen-bond acceptors (Lipinski definition) is 5. The maximum absolute atomic E-state index is 12.1. The molecule has 0 aliphatic rings. The number of nitrogens with one attached hydrogen (secondary N) is 1. The molecule has 0 aromatic carbocycles. The number of carboxylic acids is 1. The largest absolute Gasteiger partial charge is 0.480 e. The van der Waals surface area contributed by atoms with Gasteiger partial charge in [-0.15, -0.1) is 0 Å². The number of aliphatic carboxylic acids is 1. The fraction of sp³-hybridized carbons (Fsp3) is 0.375. The maximum Gasteiger partial charge on any atom is 0.326 e. The predicted molar refractivity (Wildman–Crippen MR) is 85.2 cm³/mol. The highest BCUT2D eigenvalue weighted by atomic mass is 16.4.